The van der Waals surface area contributed by atoms with E-state index in [1.807, 2.05) is 25.1 Å². The second-order valence-electron chi connectivity index (χ2n) is 4.69. The highest BCUT2D eigenvalue weighted by atomic mass is 79.9. The molecule has 1 aliphatic heterocycles. The lowest BCUT2D eigenvalue weighted by Gasteiger charge is -2.23. The average molecular weight is 315 g/mol. The maximum Gasteiger partial charge on any atom is 0.106 e. The fourth-order valence-electron chi connectivity index (χ4n) is 2.13. The quantitative estimate of drug-likeness (QED) is 0.820. The number of thiocarbonyl (C=S) groups is 1. The Balaban J connectivity index is 2.36. The van der Waals surface area contributed by atoms with Gasteiger partial charge in [0.25, 0.3) is 0 Å². The van der Waals surface area contributed by atoms with E-state index < -0.39 is 5.60 Å². The lowest BCUT2D eigenvalue weighted by atomic mass is 10.1. The lowest BCUT2D eigenvalue weighted by Crippen LogP contribution is -2.30. The van der Waals surface area contributed by atoms with E-state index in [0.29, 0.717) is 11.5 Å². The van der Waals surface area contributed by atoms with Gasteiger partial charge in [0.1, 0.15) is 4.99 Å². The van der Waals surface area contributed by atoms with Crippen LogP contribution in [0.25, 0.3) is 0 Å². The zero-order valence-electron chi connectivity index (χ0n) is 9.61. The Bertz CT molecular complexity index is 462. The number of aliphatic hydroxyl groups is 1. The molecule has 1 unspecified atom stereocenters. The third-order valence-corrected chi connectivity index (χ3v) is 3.73. The highest BCUT2D eigenvalue weighted by Crippen LogP contribution is 2.30. The van der Waals surface area contributed by atoms with Crippen molar-refractivity contribution in [1.82, 2.24) is 0 Å². The number of hydrogen-bond acceptors (Lipinski definition) is 3. The van der Waals surface area contributed by atoms with E-state index >= 15 is 0 Å². The summed E-state index contributed by atoms with van der Waals surface area (Å²) in [4.78, 5) is 2.51. The molecule has 3 N–H and O–H groups in total. The average Bonchev–Trinajstić information content (AvgIpc) is 2.58. The lowest BCUT2D eigenvalue weighted by molar-refractivity contribution is 0.0839. The summed E-state index contributed by atoms with van der Waals surface area (Å²) >= 11 is 8.48. The monoisotopic (exact) mass is 314 g/mol. The maximum atomic E-state index is 10.00. The van der Waals surface area contributed by atoms with Crippen molar-refractivity contribution in [3.63, 3.8) is 0 Å². The molecule has 92 valence electrons. The van der Waals surface area contributed by atoms with Crippen molar-refractivity contribution in [1.29, 1.82) is 0 Å². The standard InChI is InChI=1S/C12H15BrN2OS/c1-12(16)4-5-15(7-12)10-3-2-8(13)6-9(10)11(14)17/h2-3,6,16H,4-5,7H2,1H3,(H2,14,17). The van der Waals surface area contributed by atoms with E-state index in [-0.39, 0.29) is 0 Å². The molecule has 0 aromatic heterocycles. The summed E-state index contributed by atoms with van der Waals surface area (Å²) in [6.45, 7) is 3.29. The van der Waals surface area contributed by atoms with Gasteiger partial charge in [-0.15, -0.1) is 0 Å². The zero-order valence-corrected chi connectivity index (χ0v) is 12.0. The van der Waals surface area contributed by atoms with Gasteiger partial charge in [-0.1, -0.05) is 28.1 Å². The molecule has 1 atom stereocenters. The van der Waals surface area contributed by atoms with Crippen LogP contribution < -0.4 is 10.6 Å². The molecule has 5 heteroatoms. The third kappa shape index (κ3) is 2.78. The molecule has 0 bridgehead atoms. The van der Waals surface area contributed by atoms with Crippen LogP contribution >= 0.6 is 28.1 Å². The van der Waals surface area contributed by atoms with Gasteiger partial charge in [-0.05, 0) is 31.5 Å². The molecule has 1 fully saturated rings. The van der Waals surface area contributed by atoms with Crippen molar-refractivity contribution < 1.29 is 5.11 Å². The minimum Gasteiger partial charge on any atom is -0.389 e. The molecule has 3 nitrogen and oxygen atoms in total. The molecule has 0 aliphatic carbocycles. The normalized spacial score (nSPS) is 24.1. The number of anilines is 1. The topological polar surface area (TPSA) is 49.5 Å². The van der Waals surface area contributed by atoms with Gasteiger partial charge in [0.05, 0.1) is 5.60 Å². The minimum absolute atomic E-state index is 0.382. The molecular weight excluding hydrogens is 300 g/mol. The Hall–Kier alpha value is -0.650. The molecule has 1 aliphatic rings. The Labute approximate surface area is 115 Å². The second-order valence-corrected chi connectivity index (χ2v) is 6.05. The van der Waals surface area contributed by atoms with E-state index in [4.69, 9.17) is 18.0 Å². The fraction of sp³-hybridized carbons (Fsp3) is 0.417. The van der Waals surface area contributed by atoms with Crippen LogP contribution in [0.1, 0.15) is 18.9 Å². The van der Waals surface area contributed by atoms with Crippen molar-refractivity contribution >= 4 is 38.8 Å². The number of rotatable bonds is 2. The van der Waals surface area contributed by atoms with E-state index in [2.05, 4.69) is 20.8 Å². The summed E-state index contributed by atoms with van der Waals surface area (Å²) in [5.41, 5.74) is 6.97. The molecule has 0 radical (unpaired) electrons. The first-order valence-corrected chi connectivity index (χ1v) is 6.66. The molecule has 1 heterocycles. The van der Waals surface area contributed by atoms with Crippen molar-refractivity contribution in [3.05, 3.63) is 28.2 Å². The summed E-state index contributed by atoms with van der Waals surface area (Å²) in [6.07, 6.45) is 0.764. The van der Waals surface area contributed by atoms with Crippen molar-refractivity contribution in [3.8, 4) is 0 Å². The van der Waals surface area contributed by atoms with E-state index in [1.165, 1.54) is 0 Å². The first-order valence-electron chi connectivity index (χ1n) is 5.46. The predicted octanol–water partition coefficient (Wildman–Crippen LogP) is 2.04. The molecule has 0 amide bonds. The van der Waals surface area contributed by atoms with Gasteiger partial charge in [-0.3, -0.25) is 0 Å². The molecule has 17 heavy (non-hydrogen) atoms. The Morgan fingerprint density at radius 2 is 2.29 bits per heavy atom. The Morgan fingerprint density at radius 3 is 2.82 bits per heavy atom. The zero-order chi connectivity index (χ0) is 12.6. The highest BCUT2D eigenvalue weighted by molar-refractivity contribution is 9.10. The van der Waals surface area contributed by atoms with Gasteiger partial charge in [-0.25, -0.2) is 0 Å². The van der Waals surface area contributed by atoms with Crippen LogP contribution in [0.15, 0.2) is 22.7 Å². The molecule has 2 rings (SSSR count). The molecular formula is C12H15BrN2OS. The van der Waals surface area contributed by atoms with Crippen molar-refractivity contribution in [2.24, 2.45) is 5.73 Å². The summed E-state index contributed by atoms with van der Waals surface area (Å²) < 4.78 is 0.954. The van der Waals surface area contributed by atoms with Gasteiger partial charge in [0.15, 0.2) is 0 Å². The molecule has 1 saturated heterocycles. The number of benzene rings is 1. The number of nitrogens with two attached hydrogens (primary N) is 1. The minimum atomic E-state index is -0.624. The fourth-order valence-corrected chi connectivity index (χ4v) is 2.66. The van der Waals surface area contributed by atoms with Crippen LogP contribution in [0.3, 0.4) is 0 Å². The first kappa shape index (κ1) is 12.8. The van der Waals surface area contributed by atoms with Crippen LogP contribution in [0.2, 0.25) is 0 Å². The van der Waals surface area contributed by atoms with E-state index in [1.54, 1.807) is 0 Å². The first-order chi connectivity index (χ1) is 7.89. The predicted molar refractivity (Wildman–Crippen MR) is 77.5 cm³/mol. The van der Waals surface area contributed by atoms with Crippen LogP contribution in [-0.2, 0) is 0 Å². The molecule has 1 aromatic rings. The van der Waals surface area contributed by atoms with Gasteiger partial charge in [-0.2, -0.15) is 0 Å². The SMILES string of the molecule is CC1(O)CCN(c2ccc(Br)cc2C(N)=S)C1. The van der Waals surface area contributed by atoms with Crippen LogP contribution in [0.4, 0.5) is 5.69 Å². The highest BCUT2D eigenvalue weighted by Gasteiger charge is 2.32. The number of halogens is 1. The van der Waals surface area contributed by atoms with Gasteiger partial charge in [0.2, 0.25) is 0 Å². The van der Waals surface area contributed by atoms with Crippen LogP contribution in [0.5, 0.6) is 0 Å². The number of nitrogens with zero attached hydrogens (tertiary/aromatic N) is 1. The third-order valence-electron chi connectivity index (χ3n) is 3.02. The second kappa shape index (κ2) is 4.55. The van der Waals surface area contributed by atoms with E-state index in [9.17, 15) is 5.11 Å². The van der Waals surface area contributed by atoms with E-state index in [0.717, 1.165) is 28.7 Å². The van der Waals surface area contributed by atoms with Crippen molar-refractivity contribution in [2.75, 3.05) is 18.0 Å². The van der Waals surface area contributed by atoms with Gasteiger partial charge in [0, 0.05) is 28.8 Å². The Morgan fingerprint density at radius 1 is 1.59 bits per heavy atom. The van der Waals surface area contributed by atoms with Crippen LogP contribution in [-0.4, -0.2) is 28.8 Å². The number of hydrogen-bond donors (Lipinski definition) is 2. The van der Waals surface area contributed by atoms with Gasteiger partial charge < -0.3 is 15.7 Å². The molecule has 1 aromatic carbocycles. The number of β-amino-alcohol motifs (C(OH)–C–C–N with tert-alkyl or cyclic N) is 1. The molecule has 0 spiro atoms. The maximum absolute atomic E-state index is 10.00. The summed E-state index contributed by atoms with van der Waals surface area (Å²) in [6, 6.07) is 5.87. The largest absolute Gasteiger partial charge is 0.389 e. The molecule has 0 saturated carbocycles. The Kier molecular flexibility index (Phi) is 3.43. The summed E-state index contributed by atoms with van der Waals surface area (Å²) in [5.74, 6) is 0. The smallest absolute Gasteiger partial charge is 0.106 e. The summed E-state index contributed by atoms with van der Waals surface area (Å²) in [7, 11) is 0. The summed E-state index contributed by atoms with van der Waals surface area (Å²) in [5, 5.41) is 10.00. The van der Waals surface area contributed by atoms with Crippen LogP contribution in [0, 0.1) is 0 Å². The van der Waals surface area contributed by atoms with Crippen molar-refractivity contribution in [2.45, 2.75) is 18.9 Å². The van der Waals surface area contributed by atoms with Gasteiger partial charge >= 0.3 is 0 Å².